The van der Waals surface area contributed by atoms with Crippen molar-refractivity contribution in [3.63, 3.8) is 0 Å². The first-order valence-corrected chi connectivity index (χ1v) is 9.50. The van der Waals surface area contributed by atoms with Crippen LogP contribution in [0.2, 0.25) is 0 Å². The van der Waals surface area contributed by atoms with Gasteiger partial charge < -0.3 is 14.4 Å². The van der Waals surface area contributed by atoms with Gasteiger partial charge in [0.2, 0.25) is 11.8 Å². The average molecular weight is 439 g/mol. The maximum Gasteiger partial charge on any atom is 0.422 e. The van der Waals surface area contributed by atoms with E-state index in [1.165, 1.54) is 24.1 Å². The quantitative estimate of drug-likeness (QED) is 0.595. The molecule has 0 saturated heterocycles. The fourth-order valence-corrected chi connectivity index (χ4v) is 2.81. The van der Waals surface area contributed by atoms with E-state index in [0.29, 0.717) is 28.9 Å². The molecule has 31 heavy (non-hydrogen) atoms. The minimum Gasteiger partial charge on any atom is -0.481 e. The van der Waals surface area contributed by atoms with Crippen LogP contribution in [0.1, 0.15) is 40.7 Å². The van der Waals surface area contributed by atoms with Gasteiger partial charge >= 0.3 is 6.18 Å². The summed E-state index contributed by atoms with van der Waals surface area (Å²) in [4.78, 5) is 34.2. The molecule has 0 aliphatic rings. The number of ketones is 1. The van der Waals surface area contributed by atoms with Crippen molar-refractivity contribution in [2.45, 2.75) is 39.4 Å². The lowest BCUT2D eigenvalue weighted by Gasteiger charge is -2.19. The Morgan fingerprint density at radius 2 is 1.87 bits per heavy atom. The Balaban J connectivity index is 2.16. The Morgan fingerprint density at radius 1 is 1.16 bits per heavy atom. The fourth-order valence-electron chi connectivity index (χ4n) is 2.81. The van der Waals surface area contributed by atoms with Crippen LogP contribution >= 0.6 is 0 Å². The summed E-state index contributed by atoms with van der Waals surface area (Å²) in [6.07, 6.45) is -3.95. The number of amides is 1. The third-order valence-corrected chi connectivity index (χ3v) is 4.27. The first-order chi connectivity index (χ1) is 14.5. The zero-order valence-corrected chi connectivity index (χ0v) is 17.7. The molecule has 2 heterocycles. The van der Waals surface area contributed by atoms with Gasteiger partial charge in [0.05, 0.1) is 13.7 Å². The van der Waals surface area contributed by atoms with Gasteiger partial charge in [-0.1, -0.05) is 6.92 Å². The summed E-state index contributed by atoms with van der Waals surface area (Å²) in [5.74, 6) is -0.468. The molecule has 0 fully saturated rings. The Labute approximate surface area is 178 Å². The Kier molecular flexibility index (Phi) is 7.95. The molecular weight excluding hydrogens is 415 g/mol. The molecule has 0 aromatic carbocycles. The molecule has 0 atom stereocenters. The molecule has 2 aromatic heterocycles. The lowest BCUT2D eigenvalue weighted by atomic mass is 10.1. The van der Waals surface area contributed by atoms with E-state index in [1.54, 1.807) is 33.0 Å². The fraction of sp³-hybridized carbons (Fsp3) is 0.429. The predicted octanol–water partition coefficient (Wildman–Crippen LogP) is 3.53. The number of hydrogen-bond donors (Lipinski definition) is 0. The molecular formula is C21H24F3N3O4. The Bertz CT molecular complexity index is 948. The summed E-state index contributed by atoms with van der Waals surface area (Å²) < 4.78 is 46.7. The second kappa shape index (κ2) is 10.2. The molecule has 0 spiro atoms. The SMILES string of the molecule is CCC(=O)Cc1cc(C(=O)N(C)Cc2ccc(OCC(F)(F)F)nc2OC)cc(C)n1. The van der Waals surface area contributed by atoms with E-state index in [0.717, 1.165) is 0 Å². The third kappa shape index (κ3) is 7.23. The number of aryl methyl sites for hydroxylation is 1. The van der Waals surface area contributed by atoms with Gasteiger partial charge in [-0.15, -0.1) is 0 Å². The Morgan fingerprint density at radius 3 is 2.48 bits per heavy atom. The van der Waals surface area contributed by atoms with E-state index in [-0.39, 0.29) is 36.4 Å². The van der Waals surface area contributed by atoms with E-state index >= 15 is 0 Å². The van der Waals surface area contributed by atoms with Crippen LogP contribution in [-0.2, 0) is 17.8 Å². The second-order valence-corrected chi connectivity index (χ2v) is 6.94. The lowest BCUT2D eigenvalue weighted by Crippen LogP contribution is -2.27. The van der Waals surface area contributed by atoms with Crippen LogP contribution in [0.4, 0.5) is 13.2 Å². The van der Waals surface area contributed by atoms with Gasteiger partial charge in [0.15, 0.2) is 6.61 Å². The first-order valence-electron chi connectivity index (χ1n) is 9.50. The highest BCUT2D eigenvalue weighted by Crippen LogP contribution is 2.24. The van der Waals surface area contributed by atoms with Crippen molar-refractivity contribution in [1.82, 2.24) is 14.9 Å². The third-order valence-electron chi connectivity index (χ3n) is 4.27. The molecule has 7 nitrogen and oxygen atoms in total. The number of alkyl halides is 3. The second-order valence-electron chi connectivity index (χ2n) is 6.94. The summed E-state index contributed by atoms with van der Waals surface area (Å²) in [6.45, 7) is 2.13. The zero-order valence-electron chi connectivity index (χ0n) is 17.7. The number of halogens is 3. The van der Waals surface area contributed by atoms with Gasteiger partial charge in [-0.05, 0) is 25.1 Å². The highest BCUT2D eigenvalue weighted by molar-refractivity contribution is 5.94. The minimum atomic E-state index is -4.48. The number of ether oxygens (including phenoxy) is 2. The maximum absolute atomic E-state index is 12.9. The van der Waals surface area contributed by atoms with Crippen molar-refractivity contribution in [2.75, 3.05) is 20.8 Å². The van der Waals surface area contributed by atoms with Crippen molar-refractivity contribution < 1.29 is 32.2 Å². The van der Waals surface area contributed by atoms with Crippen LogP contribution in [0.15, 0.2) is 24.3 Å². The van der Waals surface area contributed by atoms with Crippen molar-refractivity contribution >= 4 is 11.7 Å². The van der Waals surface area contributed by atoms with Gasteiger partial charge in [0, 0.05) is 48.5 Å². The first kappa shape index (κ1) is 24.1. The van der Waals surface area contributed by atoms with E-state index in [1.807, 2.05) is 0 Å². The van der Waals surface area contributed by atoms with E-state index in [9.17, 15) is 22.8 Å². The smallest absolute Gasteiger partial charge is 0.422 e. The number of Topliss-reactive ketones (excluding diaryl/α,β-unsaturated/α-hetero) is 1. The largest absolute Gasteiger partial charge is 0.481 e. The van der Waals surface area contributed by atoms with E-state index in [4.69, 9.17) is 4.74 Å². The van der Waals surface area contributed by atoms with Crippen LogP contribution in [0.5, 0.6) is 11.8 Å². The number of methoxy groups -OCH3 is 1. The van der Waals surface area contributed by atoms with Gasteiger partial charge in [-0.2, -0.15) is 18.2 Å². The van der Waals surface area contributed by atoms with Gasteiger partial charge in [-0.25, -0.2) is 0 Å². The summed E-state index contributed by atoms with van der Waals surface area (Å²) in [5, 5.41) is 0. The standard InChI is InChI=1S/C21H24F3N3O4/c1-5-17(28)10-16-9-15(8-13(2)25-16)20(29)27(3)11-14-6-7-18(26-19(14)30-4)31-12-21(22,23)24/h6-9H,5,10-12H2,1-4H3. The molecule has 0 aliphatic carbocycles. The number of aromatic nitrogens is 2. The van der Waals surface area contributed by atoms with Gasteiger partial charge in [-0.3, -0.25) is 14.6 Å². The molecule has 1 amide bonds. The molecule has 0 saturated carbocycles. The van der Waals surface area contributed by atoms with Crippen molar-refractivity contribution in [1.29, 1.82) is 0 Å². The Hall–Kier alpha value is -3.17. The van der Waals surface area contributed by atoms with Crippen LogP contribution in [0, 0.1) is 6.92 Å². The molecule has 2 rings (SSSR count). The molecule has 10 heteroatoms. The highest BCUT2D eigenvalue weighted by atomic mass is 19.4. The van der Waals surface area contributed by atoms with Crippen LogP contribution in [-0.4, -0.2) is 53.5 Å². The maximum atomic E-state index is 12.9. The molecule has 0 radical (unpaired) electrons. The molecule has 0 N–H and O–H groups in total. The topological polar surface area (TPSA) is 81.6 Å². The number of carbonyl (C=O) groups is 2. The van der Waals surface area contributed by atoms with Crippen molar-refractivity contribution in [3.05, 3.63) is 46.8 Å². The zero-order chi connectivity index (χ0) is 23.2. The minimum absolute atomic E-state index is 0.0218. The average Bonchev–Trinajstić information content (AvgIpc) is 2.71. The summed E-state index contributed by atoms with van der Waals surface area (Å²) in [6, 6.07) is 5.99. The number of rotatable bonds is 9. The normalized spacial score (nSPS) is 11.2. The predicted molar refractivity (Wildman–Crippen MR) is 106 cm³/mol. The van der Waals surface area contributed by atoms with Crippen LogP contribution in [0.3, 0.4) is 0 Å². The number of carbonyl (C=O) groups excluding carboxylic acids is 2. The molecule has 0 bridgehead atoms. The molecule has 0 aliphatic heterocycles. The van der Waals surface area contributed by atoms with E-state index in [2.05, 4.69) is 14.7 Å². The number of hydrogen-bond acceptors (Lipinski definition) is 6. The van der Waals surface area contributed by atoms with E-state index < -0.39 is 12.8 Å². The van der Waals surface area contributed by atoms with Crippen molar-refractivity contribution in [2.24, 2.45) is 0 Å². The van der Waals surface area contributed by atoms with Gasteiger partial charge in [0.1, 0.15) is 5.78 Å². The van der Waals surface area contributed by atoms with Crippen LogP contribution < -0.4 is 9.47 Å². The molecule has 2 aromatic rings. The molecule has 168 valence electrons. The molecule has 0 unspecified atom stereocenters. The van der Waals surface area contributed by atoms with Gasteiger partial charge in [0.25, 0.3) is 5.91 Å². The lowest BCUT2D eigenvalue weighted by molar-refractivity contribution is -0.154. The highest BCUT2D eigenvalue weighted by Gasteiger charge is 2.29. The monoisotopic (exact) mass is 439 g/mol. The summed E-state index contributed by atoms with van der Waals surface area (Å²) >= 11 is 0. The van der Waals surface area contributed by atoms with Crippen LogP contribution in [0.25, 0.3) is 0 Å². The number of pyridine rings is 2. The number of nitrogens with zero attached hydrogens (tertiary/aromatic N) is 3. The summed E-state index contributed by atoms with van der Waals surface area (Å²) in [7, 11) is 2.90. The summed E-state index contributed by atoms with van der Waals surface area (Å²) in [5.41, 5.74) is 2.01. The van der Waals surface area contributed by atoms with Crippen molar-refractivity contribution in [3.8, 4) is 11.8 Å².